The number of carbonyl (C=O) groups is 1. The molecular formula is C23H27NO3. The largest absolute Gasteiger partial charge is 0.390 e. The number of aliphatic hydroxyl groups is 2. The van der Waals surface area contributed by atoms with Gasteiger partial charge in [0.2, 0.25) is 5.91 Å². The average molecular weight is 365 g/mol. The average Bonchev–Trinajstić information content (AvgIpc) is 3.10. The lowest BCUT2D eigenvalue weighted by Gasteiger charge is -2.31. The Balaban J connectivity index is 1.50. The fourth-order valence-electron chi connectivity index (χ4n) is 4.71. The fourth-order valence-corrected chi connectivity index (χ4v) is 4.71. The lowest BCUT2D eigenvalue weighted by atomic mass is 9.79. The van der Waals surface area contributed by atoms with Gasteiger partial charge in [-0.1, -0.05) is 60.7 Å². The number of nitrogens with zero attached hydrogens (tertiary/aromatic N) is 1. The van der Waals surface area contributed by atoms with Crippen LogP contribution in [0.1, 0.15) is 36.3 Å². The molecule has 4 rings (SSSR count). The van der Waals surface area contributed by atoms with Gasteiger partial charge in [0, 0.05) is 25.4 Å². The van der Waals surface area contributed by atoms with Gasteiger partial charge in [0.25, 0.3) is 0 Å². The molecule has 1 saturated carbocycles. The zero-order chi connectivity index (χ0) is 18.8. The fraction of sp³-hybridized carbons (Fsp3) is 0.435. The van der Waals surface area contributed by atoms with Crippen LogP contribution in [0.15, 0.2) is 60.7 Å². The van der Waals surface area contributed by atoms with Gasteiger partial charge < -0.3 is 15.1 Å². The van der Waals surface area contributed by atoms with Crippen LogP contribution in [0.2, 0.25) is 0 Å². The number of likely N-dealkylation sites (tertiary alicyclic amines) is 1. The highest BCUT2D eigenvalue weighted by Gasteiger charge is 2.42. The minimum absolute atomic E-state index is 0.0405. The normalized spacial score (nSPS) is 27.6. The molecule has 1 saturated heterocycles. The first-order valence-corrected chi connectivity index (χ1v) is 9.85. The van der Waals surface area contributed by atoms with E-state index in [0.29, 0.717) is 44.2 Å². The quantitative estimate of drug-likeness (QED) is 0.876. The number of rotatable bonds is 4. The SMILES string of the molecule is O=C(CC(c1ccccc1)c1ccccc1)N1C[C@H]2C[C@H](O)[C@H](O)C[C@H]2C1. The van der Waals surface area contributed by atoms with Crippen LogP contribution in [-0.4, -0.2) is 46.3 Å². The summed E-state index contributed by atoms with van der Waals surface area (Å²) in [6.07, 6.45) is 0.330. The van der Waals surface area contributed by atoms with Gasteiger partial charge in [-0.25, -0.2) is 0 Å². The number of carbonyl (C=O) groups excluding carboxylic acids is 1. The van der Waals surface area contributed by atoms with Gasteiger partial charge in [-0.15, -0.1) is 0 Å². The van der Waals surface area contributed by atoms with Crippen LogP contribution in [0.25, 0.3) is 0 Å². The van der Waals surface area contributed by atoms with E-state index in [0.717, 1.165) is 11.1 Å². The third-order valence-corrected chi connectivity index (χ3v) is 6.24. The molecule has 1 heterocycles. The highest BCUT2D eigenvalue weighted by Crippen LogP contribution is 2.37. The van der Waals surface area contributed by atoms with Gasteiger partial charge in [0.15, 0.2) is 0 Å². The van der Waals surface area contributed by atoms with Crippen molar-refractivity contribution in [1.29, 1.82) is 0 Å². The first kappa shape index (κ1) is 18.2. The van der Waals surface area contributed by atoms with Crippen molar-refractivity contribution in [2.24, 2.45) is 11.8 Å². The van der Waals surface area contributed by atoms with Crippen LogP contribution >= 0.6 is 0 Å². The molecule has 2 fully saturated rings. The molecule has 0 spiro atoms. The molecule has 4 nitrogen and oxygen atoms in total. The minimum Gasteiger partial charge on any atom is -0.390 e. The summed E-state index contributed by atoms with van der Waals surface area (Å²) in [6, 6.07) is 20.4. The molecule has 4 heteroatoms. The predicted molar refractivity (Wildman–Crippen MR) is 104 cm³/mol. The van der Waals surface area contributed by atoms with Crippen LogP contribution in [-0.2, 0) is 4.79 Å². The number of hydrogen-bond donors (Lipinski definition) is 2. The van der Waals surface area contributed by atoms with Gasteiger partial charge in [-0.3, -0.25) is 4.79 Å². The molecule has 2 aromatic carbocycles. The second kappa shape index (κ2) is 7.83. The van der Waals surface area contributed by atoms with Crippen molar-refractivity contribution < 1.29 is 15.0 Å². The number of fused-ring (bicyclic) bond motifs is 1. The van der Waals surface area contributed by atoms with Crippen molar-refractivity contribution in [1.82, 2.24) is 4.90 Å². The Labute approximate surface area is 160 Å². The van der Waals surface area contributed by atoms with E-state index in [1.54, 1.807) is 0 Å². The molecule has 0 radical (unpaired) electrons. The van der Waals surface area contributed by atoms with Crippen molar-refractivity contribution in [3.63, 3.8) is 0 Å². The summed E-state index contributed by atoms with van der Waals surface area (Å²) < 4.78 is 0. The van der Waals surface area contributed by atoms with E-state index in [4.69, 9.17) is 0 Å². The summed E-state index contributed by atoms with van der Waals surface area (Å²) in [5.74, 6) is 0.809. The highest BCUT2D eigenvalue weighted by molar-refractivity contribution is 5.78. The maximum Gasteiger partial charge on any atom is 0.223 e. The highest BCUT2D eigenvalue weighted by atomic mass is 16.3. The second-order valence-corrected chi connectivity index (χ2v) is 8.00. The lowest BCUT2D eigenvalue weighted by molar-refractivity contribution is -0.130. The molecule has 4 atom stereocenters. The Morgan fingerprint density at radius 2 is 1.30 bits per heavy atom. The molecule has 0 aromatic heterocycles. The summed E-state index contributed by atoms with van der Waals surface area (Å²) in [7, 11) is 0. The van der Waals surface area contributed by atoms with E-state index in [1.807, 2.05) is 41.3 Å². The van der Waals surface area contributed by atoms with E-state index in [2.05, 4.69) is 24.3 Å². The summed E-state index contributed by atoms with van der Waals surface area (Å²) in [4.78, 5) is 15.1. The van der Waals surface area contributed by atoms with Gasteiger partial charge in [0.05, 0.1) is 12.2 Å². The van der Waals surface area contributed by atoms with Gasteiger partial charge in [0.1, 0.15) is 0 Å². The van der Waals surface area contributed by atoms with Crippen molar-refractivity contribution >= 4 is 5.91 Å². The Hall–Kier alpha value is -2.17. The number of hydrogen-bond acceptors (Lipinski definition) is 3. The third-order valence-electron chi connectivity index (χ3n) is 6.24. The van der Waals surface area contributed by atoms with Gasteiger partial charge in [-0.2, -0.15) is 0 Å². The van der Waals surface area contributed by atoms with Crippen LogP contribution in [0.5, 0.6) is 0 Å². The van der Waals surface area contributed by atoms with Crippen LogP contribution in [0.3, 0.4) is 0 Å². The van der Waals surface area contributed by atoms with E-state index < -0.39 is 12.2 Å². The van der Waals surface area contributed by atoms with Crippen molar-refractivity contribution in [3.8, 4) is 0 Å². The zero-order valence-corrected chi connectivity index (χ0v) is 15.4. The molecule has 0 bridgehead atoms. The minimum atomic E-state index is -0.650. The first-order chi connectivity index (χ1) is 13.1. The third kappa shape index (κ3) is 3.92. The lowest BCUT2D eigenvalue weighted by Crippen LogP contribution is -2.38. The zero-order valence-electron chi connectivity index (χ0n) is 15.4. The predicted octanol–water partition coefficient (Wildman–Crippen LogP) is 2.80. The molecule has 142 valence electrons. The molecule has 1 aliphatic heterocycles. The summed E-state index contributed by atoms with van der Waals surface area (Å²) >= 11 is 0. The van der Waals surface area contributed by atoms with Gasteiger partial charge >= 0.3 is 0 Å². The molecule has 27 heavy (non-hydrogen) atoms. The summed E-state index contributed by atoms with van der Waals surface area (Å²) in [5.41, 5.74) is 2.30. The monoisotopic (exact) mass is 365 g/mol. The molecule has 2 aliphatic rings. The maximum atomic E-state index is 13.1. The van der Waals surface area contributed by atoms with Crippen LogP contribution in [0.4, 0.5) is 0 Å². The van der Waals surface area contributed by atoms with Crippen molar-refractivity contribution in [2.75, 3.05) is 13.1 Å². The molecule has 0 unspecified atom stereocenters. The van der Waals surface area contributed by atoms with Crippen LogP contribution in [0, 0.1) is 11.8 Å². The molecule has 1 aliphatic carbocycles. The summed E-state index contributed by atoms with van der Waals surface area (Å²) in [5, 5.41) is 19.9. The molecule has 2 N–H and O–H groups in total. The van der Waals surface area contributed by atoms with Crippen molar-refractivity contribution in [3.05, 3.63) is 71.8 Å². The Kier molecular flexibility index (Phi) is 5.28. The molecule has 1 amide bonds. The number of aliphatic hydroxyl groups excluding tert-OH is 2. The molecular weight excluding hydrogens is 338 g/mol. The molecule has 2 aromatic rings. The summed E-state index contributed by atoms with van der Waals surface area (Å²) in [6.45, 7) is 1.40. The van der Waals surface area contributed by atoms with Gasteiger partial charge in [-0.05, 0) is 35.8 Å². The Bertz CT molecular complexity index is 706. The van der Waals surface area contributed by atoms with Crippen LogP contribution < -0.4 is 0 Å². The smallest absolute Gasteiger partial charge is 0.223 e. The van der Waals surface area contributed by atoms with E-state index in [-0.39, 0.29) is 11.8 Å². The Morgan fingerprint density at radius 3 is 1.74 bits per heavy atom. The van der Waals surface area contributed by atoms with E-state index in [1.165, 1.54) is 0 Å². The standard InChI is InChI=1S/C23H27NO3/c25-21-11-18-14-24(15-19(18)12-22(21)26)23(27)13-20(16-7-3-1-4-8-16)17-9-5-2-6-10-17/h1-10,18-22,25-26H,11-15H2/t18-,19+,21+,22-. The van der Waals surface area contributed by atoms with E-state index in [9.17, 15) is 15.0 Å². The topological polar surface area (TPSA) is 60.8 Å². The van der Waals surface area contributed by atoms with E-state index >= 15 is 0 Å². The maximum absolute atomic E-state index is 13.1. The first-order valence-electron chi connectivity index (χ1n) is 9.85. The second-order valence-electron chi connectivity index (χ2n) is 8.00. The number of benzene rings is 2. The van der Waals surface area contributed by atoms with Crippen molar-refractivity contribution in [2.45, 2.75) is 37.4 Å². The Morgan fingerprint density at radius 1 is 0.852 bits per heavy atom. The number of amides is 1.